The van der Waals surface area contributed by atoms with Crippen LogP contribution in [0.3, 0.4) is 0 Å². The van der Waals surface area contributed by atoms with Gasteiger partial charge in [-0.3, -0.25) is 4.79 Å². The van der Waals surface area contributed by atoms with Crippen LogP contribution < -0.4 is 5.73 Å². The third kappa shape index (κ3) is 4.23. The Bertz CT molecular complexity index is 355. The van der Waals surface area contributed by atoms with Gasteiger partial charge in [-0.25, -0.2) is 0 Å². The van der Waals surface area contributed by atoms with Crippen molar-refractivity contribution < 1.29 is 4.79 Å². The summed E-state index contributed by atoms with van der Waals surface area (Å²) < 4.78 is 0. The van der Waals surface area contributed by atoms with Crippen LogP contribution in [0.15, 0.2) is 0 Å². The summed E-state index contributed by atoms with van der Waals surface area (Å²) in [5.41, 5.74) is 6.12. The summed E-state index contributed by atoms with van der Waals surface area (Å²) in [5, 5.41) is 0. The smallest absolute Gasteiger partial charge is 0.223 e. The van der Waals surface area contributed by atoms with Crippen molar-refractivity contribution in [2.75, 3.05) is 26.7 Å². The summed E-state index contributed by atoms with van der Waals surface area (Å²) in [5.74, 6) is 0.315. The fraction of sp³-hybridized carbons (Fsp3) is 0.944. The van der Waals surface area contributed by atoms with Gasteiger partial charge >= 0.3 is 0 Å². The summed E-state index contributed by atoms with van der Waals surface area (Å²) in [6.45, 7) is 7.40. The average molecular weight is 309 g/mol. The van der Waals surface area contributed by atoms with Crippen LogP contribution in [0.4, 0.5) is 0 Å². The number of piperidine rings is 1. The molecule has 0 bridgehead atoms. The van der Waals surface area contributed by atoms with Crippen LogP contribution >= 0.6 is 0 Å². The van der Waals surface area contributed by atoms with E-state index in [0.717, 1.165) is 38.8 Å². The predicted octanol–water partition coefficient (Wildman–Crippen LogP) is 2.62. The fourth-order valence-electron chi connectivity index (χ4n) is 4.19. The van der Waals surface area contributed by atoms with Gasteiger partial charge in [0, 0.05) is 38.6 Å². The van der Waals surface area contributed by atoms with E-state index >= 15 is 0 Å². The van der Waals surface area contributed by atoms with E-state index in [2.05, 4.69) is 18.7 Å². The lowest BCUT2D eigenvalue weighted by atomic mass is 9.71. The van der Waals surface area contributed by atoms with Gasteiger partial charge < -0.3 is 15.5 Å². The molecule has 4 nitrogen and oxygen atoms in total. The van der Waals surface area contributed by atoms with Crippen LogP contribution in [0.5, 0.6) is 0 Å². The molecule has 22 heavy (non-hydrogen) atoms. The van der Waals surface area contributed by atoms with Gasteiger partial charge in [-0.05, 0) is 51.5 Å². The molecule has 4 heteroatoms. The van der Waals surface area contributed by atoms with Crippen LogP contribution in [0, 0.1) is 5.41 Å². The predicted molar refractivity (Wildman–Crippen MR) is 91.7 cm³/mol. The molecule has 1 saturated heterocycles. The van der Waals surface area contributed by atoms with Gasteiger partial charge in [0.2, 0.25) is 5.91 Å². The van der Waals surface area contributed by atoms with Crippen molar-refractivity contribution in [2.45, 2.75) is 77.3 Å². The molecule has 1 saturated carbocycles. The van der Waals surface area contributed by atoms with Gasteiger partial charge in [0.05, 0.1) is 0 Å². The zero-order valence-electron chi connectivity index (χ0n) is 14.8. The summed E-state index contributed by atoms with van der Waals surface area (Å²) in [7, 11) is 2.01. The van der Waals surface area contributed by atoms with Crippen LogP contribution in [0.1, 0.15) is 65.2 Å². The molecule has 0 aromatic heterocycles. The number of amides is 1. The van der Waals surface area contributed by atoms with Crippen LogP contribution in [-0.4, -0.2) is 54.5 Å². The quantitative estimate of drug-likeness (QED) is 0.849. The SMILES string of the molecule is CC(C)N1CCC(N(C)C(=O)CC2(CN)CCCCC2)CC1. The van der Waals surface area contributed by atoms with Crippen molar-refractivity contribution in [1.82, 2.24) is 9.80 Å². The molecule has 2 fully saturated rings. The second kappa shape index (κ2) is 7.78. The Morgan fingerprint density at radius 1 is 1.23 bits per heavy atom. The molecular weight excluding hydrogens is 274 g/mol. The van der Waals surface area contributed by atoms with Crippen LogP contribution in [0.25, 0.3) is 0 Å². The van der Waals surface area contributed by atoms with E-state index in [1.165, 1.54) is 19.3 Å². The van der Waals surface area contributed by atoms with E-state index < -0.39 is 0 Å². The molecule has 2 rings (SSSR count). The summed E-state index contributed by atoms with van der Waals surface area (Å²) in [4.78, 5) is 17.3. The number of rotatable bonds is 5. The minimum Gasteiger partial charge on any atom is -0.343 e. The molecule has 2 aliphatic rings. The lowest BCUT2D eigenvalue weighted by Crippen LogP contribution is -2.48. The molecule has 0 atom stereocenters. The summed E-state index contributed by atoms with van der Waals surface area (Å²) in [6.07, 6.45) is 8.92. The Balaban J connectivity index is 1.86. The van der Waals surface area contributed by atoms with Crippen LogP contribution in [-0.2, 0) is 4.79 Å². The number of hydrogen-bond donors (Lipinski definition) is 1. The molecular formula is C18H35N3O. The Morgan fingerprint density at radius 3 is 2.32 bits per heavy atom. The highest BCUT2D eigenvalue weighted by atomic mass is 16.2. The maximum atomic E-state index is 12.7. The van der Waals surface area contributed by atoms with Gasteiger partial charge in [-0.15, -0.1) is 0 Å². The zero-order valence-corrected chi connectivity index (χ0v) is 14.8. The normalized spacial score (nSPS) is 23.7. The van der Waals surface area contributed by atoms with Gasteiger partial charge in [0.1, 0.15) is 0 Å². The molecule has 0 unspecified atom stereocenters. The van der Waals surface area contributed by atoms with E-state index in [1.807, 2.05) is 11.9 Å². The van der Waals surface area contributed by atoms with Gasteiger partial charge in [-0.2, -0.15) is 0 Å². The molecule has 0 aromatic rings. The fourth-order valence-corrected chi connectivity index (χ4v) is 4.19. The lowest BCUT2D eigenvalue weighted by molar-refractivity contribution is -0.136. The molecule has 1 amide bonds. The second-order valence-electron chi connectivity index (χ2n) is 7.81. The Labute approximate surface area is 136 Å². The molecule has 0 radical (unpaired) electrons. The molecule has 1 aliphatic heterocycles. The largest absolute Gasteiger partial charge is 0.343 e. The van der Waals surface area contributed by atoms with Crippen molar-refractivity contribution in [1.29, 1.82) is 0 Å². The number of likely N-dealkylation sites (tertiary alicyclic amines) is 1. The van der Waals surface area contributed by atoms with Gasteiger partial charge in [0.15, 0.2) is 0 Å². The van der Waals surface area contributed by atoms with Crippen molar-refractivity contribution >= 4 is 5.91 Å². The first kappa shape index (κ1) is 17.7. The molecule has 1 heterocycles. The first-order chi connectivity index (χ1) is 10.5. The maximum Gasteiger partial charge on any atom is 0.223 e. The summed E-state index contributed by atoms with van der Waals surface area (Å²) >= 11 is 0. The number of carbonyl (C=O) groups excluding carboxylic acids is 1. The van der Waals surface area contributed by atoms with Gasteiger partial charge in [-0.1, -0.05) is 19.3 Å². The molecule has 0 aromatic carbocycles. The zero-order chi connectivity index (χ0) is 16.2. The maximum absolute atomic E-state index is 12.7. The van der Waals surface area contributed by atoms with Gasteiger partial charge in [0.25, 0.3) is 0 Å². The van der Waals surface area contributed by atoms with Crippen molar-refractivity contribution in [2.24, 2.45) is 11.1 Å². The monoisotopic (exact) mass is 309 g/mol. The third-order valence-electron chi connectivity index (χ3n) is 6.04. The van der Waals surface area contributed by atoms with Crippen molar-refractivity contribution in [3.63, 3.8) is 0 Å². The third-order valence-corrected chi connectivity index (χ3v) is 6.04. The number of nitrogens with zero attached hydrogens (tertiary/aromatic N) is 2. The number of hydrogen-bond acceptors (Lipinski definition) is 3. The van der Waals surface area contributed by atoms with E-state index in [0.29, 0.717) is 31.0 Å². The summed E-state index contributed by atoms with van der Waals surface area (Å²) in [6, 6.07) is 1.03. The minimum absolute atomic E-state index is 0.0855. The Morgan fingerprint density at radius 2 is 1.82 bits per heavy atom. The standard InChI is InChI=1S/C18H35N3O/c1-15(2)21-11-7-16(8-12-21)20(3)17(22)13-18(14-19)9-5-4-6-10-18/h15-16H,4-14,19H2,1-3H3. The Hall–Kier alpha value is -0.610. The minimum atomic E-state index is 0.0855. The number of carbonyl (C=O) groups is 1. The first-order valence-corrected chi connectivity index (χ1v) is 9.17. The van der Waals surface area contributed by atoms with E-state index in [9.17, 15) is 4.79 Å². The highest BCUT2D eigenvalue weighted by Gasteiger charge is 2.35. The molecule has 1 aliphatic carbocycles. The topological polar surface area (TPSA) is 49.6 Å². The lowest BCUT2D eigenvalue weighted by Gasteiger charge is -2.41. The first-order valence-electron chi connectivity index (χ1n) is 9.17. The van der Waals surface area contributed by atoms with E-state index in [-0.39, 0.29) is 5.41 Å². The molecule has 128 valence electrons. The second-order valence-corrected chi connectivity index (χ2v) is 7.81. The van der Waals surface area contributed by atoms with E-state index in [4.69, 9.17) is 5.73 Å². The van der Waals surface area contributed by atoms with Crippen molar-refractivity contribution in [3.8, 4) is 0 Å². The molecule has 2 N–H and O–H groups in total. The highest BCUT2D eigenvalue weighted by Crippen LogP contribution is 2.39. The van der Waals surface area contributed by atoms with Crippen molar-refractivity contribution in [3.05, 3.63) is 0 Å². The molecule has 0 spiro atoms. The highest BCUT2D eigenvalue weighted by molar-refractivity contribution is 5.77. The average Bonchev–Trinajstić information content (AvgIpc) is 2.55. The van der Waals surface area contributed by atoms with Crippen LogP contribution in [0.2, 0.25) is 0 Å². The number of nitrogens with two attached hydrogens (primary N) is 1. The van der Waals surface area contributed by atoms with E-state index in [1.54, 1.807) is 0 Å². The Kier molecular flexibility index (Phi) is 6.27.